The molecule has 0 radical (unpaired) electrons. The summed E-state index contributed by atoms with van der Waals surface area (Å²) in [6.07, 6.45) is 4.13. The number of aryl methyl sites for hydroxylation is 1. The lowest BCUT2D eigenvalue weighted by molar-refractivity contribution is -0.135. The molecule has 1 saturated heterocycles. The van der Waals surface area contributed by atoms with Crippen LogP contribution in [0.15, 0.2) is 53.7 Å². The highest BCUT2D eigenvalue weighted by Gasteiger charge is 2.24. The Bertz CT molecular complexity index is 1180. The molecule has 0 aliphatic carbocycles. The third-order valence-electron chi connectivity index (χ3n) is 5.13. The predicted molar refractivity (Wildman–Crippen MR) is 127 cm³/mol. The monoisotopic (exact) mass is 482 g/mol. The van der Waals surface area contributed by atoms with Gasteiger partial charge in [-0.15, -0.1) is 5.10 Å². The average molecular weight is 483 g/mol. The van der Waals surface area contributed by atoms with Gasteiger partial charge in [-0.05, 0) is 18.7 Å². The van der Waals surface area contributed by atoms with Crippen LogP contribution in [0.2, 0.25) is 0 Å². The smallest absolute Gasteiger partial charge is 0.256 e. The molecule has 1 N–H and O–H groups in total. The van der Waals surface area contributed by atoms with Crippen LogP contribution in [-0.4, -0.2) is 75.0 Å². The van der Waals surface area contributed by atoms with Crippen molar-refractivity contribution < 1.29 is 19.1 Å². The number of carbonyl (C=O) groups excluding carboxylic acids is 2. The van der Waals surface area contributed by atoms with Gasteiger partial charge in [-0.1, -0.05) is 42.1 Å². The summed E-state index contributed by atoms with van der Waals surface area (Å²) in [5.41, 5.74) is 1.75. The van der Waals surface area contributed by atoms with Gasteiger partial charge in [-0.25, -0.2) is 4.98 Å². The fourth-order valence-corrected chi connectivity index (χ4v) is 3.76. The molecular formula is C23H26N6O4S. The van der Waals surface area contributed by atoms with Gasteiger partial charge < -0.3 is 19.7 Å². The molecule has 0 bridgehead atoms. The van der Waals surface area contributed by atoms with E-state index in [-0.39, 0.29) is 24.5 Å². The summed E-state index contributed by atoms with van der Waals surface area (Å²) in [7, 11) is 0. The van der Waals surface area contributed by atoms with Crippen LogP contribution in [0.5, 0.6) is 5.88 Å². The first-order valence-corrected chi connectivity index (χ1v) is 12.1. The Hall–Kier alpha value is -3.44. The van der Waals surface area contributed by atoms with Gasteiger partial charge in [0, 0.05) is 37.0 Å². The number of nitrogens with one attached hydrogen (secondary N) is 1. The van der Waals surface area contributed by atoms with Crippen molar-refractivity contribution in [3.05, 3.63) is 59.8 Å². The number of aromatic nitrogens is 4. The zero-order chi connectivity index (χ0) is 23.9. The molecule has 2 aromatic heterocycles. The second-order valence-electron chi connectivity index (χ2n) is 7.67. The van der Waals surface area contributed by atoms with Crippen molar-refractivity contribution >= 4 is 29.4 Å². The minimum absolute atomic E-state index is 0.234. The van der Waals surface area contributed by atoms with Gasteiger partial charge in [-0.2, -0.15) is 9.50 Å². The third kappa shape index (κ3) is 6.12. The molecule has 0 spiro atoms. The lowest BCUT2D eigenvalue weighted by Crippen LogP contribution is -2.47. The maximum atomic E-state index is 12.6. The standard InChI is InChI=1S/C23H26N6O4S/c1-16-12-21(29-22(25-16)26-23(27-29)34-2)33-15-18-14-28(10-11-32-18)20(31)9-8-19(30)24-13-17-6-4-3-5-7-17/h3-9,12,18H,10-11,13-15H2,1-2H3,(H,24,30). The molecule has 34 heavy (non-hydrogen) atoms. The van der Waals surface area contributed by atoms with Gasteiger partial charge in [0.25, 0.3) is 5.78 Å². The van der Waals surface area contributed by atoms with Crippen LogP contribution in [0.3, 0.4) is 0 Å². The first-order chi connectivity index (χ1) is 16.5. The van der Waals surface area contributed by atoms with Crippen molar-refractivity contribution in [2.45, 2.75) is 24.7 Å². The van der Waals surface area contributed by atoms with E-state index in [2.05, 4.69) is 20.4 Å². The highest BCUT2D eigenvalue weighted by atomic mass is 32.2. The number of fused-ring (bicyclic) bond motifs is 1. The van der Waals surface area contributed by atoms with E-state index in [4.69, 9.17) is 9.47 Å². The second-order valence-corrected chi connectivity index (χ2v) is 8.44. The number of hydrogen-bond acceptors (Lipinski definition) is 8. The molecular weight excluding hydrogens is 456 g/mol. The molecule has 3 aromatic rings. The zero-order valence-electron chi connectivity index (χ0n) is 19.0. The van der Waals surface area contributed by atoms with E-state index in [9.17, 15) is 9.59 Å². The quantitative estimate of drug-likeness (QED) is 0.381. The molecule has 1 atom stereocenters. The van der Waals surface area contributed by atoms with Gasteiger partial charge in [-0.3, -0.25) is 9.59 Å². The number of benzene rings is 1. The average Bonchev–Trinajstić information content (AvgIpc) is 3.28. The van der Waals surface area contributed by atoms with Crippen molar-refractivity contribution in [3.8, 4) is 5.88 Å². The van der Waals surface area contributed by atoms with Crippen molar-refractivity contribution in [1.29, 1.82) is 0 Å². The molecule has 1 fully saturated rings. The molecule has 4 rings (SSSR count). The lowest BCUT2D eigenvalue weighted by Gasteiger charge is -2.32. The summed E-state index contributed by atoms with van der Waals surface area (Å²) < 4.78 is 13.3. The number of thioether (sulfide) groups is 1. The van der Waals surface area contributed by atoms with Crippen LogP contribution in [0.1, 0.15) is 11.3 Å². The van der Waals surface area contributed by atoms with Crippen molar-refractivity contribution in [1.82, 2.24) is 29.8 Å². The number of morpholine rings is 1. The van der Waals surface area contributed by atoms with E-state index in [1.54, 1.807) is 15.5 Å². The van der Waals surface area contributed by atoms with Crippen molar-refractivity contribution in [2.24, 2.45) is 0 Å². The summed E-state index contributed by atoms with van der Waals surface area (Å²) in [6, 6.07) is 11.4. The van der Waals surface area contributed by atoms with E-state index in [1.165, 1.54) is 23.9 Å². The molecule has 10 nitrogen and oxygen atoms in total. The van der Waals surface area contributed by atoms with Crippen LogP contribution in [0.25, 0.3) is 5.78 Å². The Morgan fingerprint density at radius 2 is 2.09 bits per heavy atom. The molecule has 1 aliphatic rings. The molecule has 178 valence electrons. The summed E-state index contributed by atoms with van der Waals surface area (Å²) in [4.78, 5) is 35.0. The van der Waals surface area contributed by atoms with Crippen LogP contribution in [0, 0.1) is 6.92 Å². The summed E-state index contributed by atoms with van der Waals surface area (Å²) in [5, 5.41) is 7.76. The number of nitrogens with zero attached hydrogens (tertiary/aromatic N) is 5. The summed E-state index contributed by atoms with van der Waals surface area (Å²) in [6.45, 7) is 3.69. The van der Waals surface area contributed by atoms with E-state index < -0.39 is 0 Å². The number of rotatable bonds is 8. The molecule has 1 aromatic carbocycles. The van der Waals surface area contributed by atoms with E-state index >= 15 is 0 Å². The Labute approximate surface area is 201 Å². The summed E-state index contributed by atoms with van der Waals surface area (Å²) >= 11 is 1.42. The Morgan fingerprint density at radius 1 is 1.26 bits per heavy atom. The normalized spacial score (nSPS) is 16.2. The van der Waals surface area contributed by atoms with Crippen molar-refractivity contribution in [3.63, 3.8) is 0 Å². The van der Waals surface area contributed by atoms with E-state index in [1.807, 2.05) is 43.5 Å². The number of hydrogen-bond donors (Lipinski definition) is 1. The van der Waals surface area contributed by atoms with E-state index in [0.717, 1.165) is 11.3 Å². The zero-order valence-corrected chi connectivity index (χ0v) is 19.8. The minimum atomic E-state index is -0.320. The maximum absolute atomic E-state index is 12.6. The maximum Gasteiger partial charge on any atom is 0.256 e. The number of ether oxygens (including phenoxy) is 2. The van der Waals surface area contributed by atoms with Crippen LogP contribution < -0.4 is 10.1 Å². The SMILES string of the molecule is CSc1nc2nc(C)cc(OCC3CN(C(=O)C=CC(=O)NCc4ccccc4)CCO3)n2n1. The van der Waals surface area contributed by atoms with Gasteiger partial charge in [0.2, 0.25) is 22.9 Å². The Morgan fingerprint density at radius 3 is 2.88 bits per heavy atom. The van der Waals surface area contributed by atoms with Crippen LogP contribution in [-0.2, 0) is 20.9 Å². The first kappa shape index (κ1) is 23.7. The lowest BCUT2D eigenvalue weighted by atomic mass is 10.2. The predicted octanol–water partition coefficient (Wildman–Crippen LogP) is 1.63. The molecule has 3 heterocycles. The van der Waals surface area contributed by atoms with E-state index in [0.29, 0.717) is 43.1 Å². The highest BCUT2D eigenvalue weighted by Crippen LogP contribution is 2.18. The Balaban J connectivity index is 1.29. The molecule has 1 aliphatic heterocycles. The van der Waals surface area contributed by atoms with Crippen LogP contribution in [0.4, 0.5) is 0 Å². The second kappa shape index (κ2) is 11.1. The fraction of sp³-hybridized carbons (Fsp3) is 0.348. The molecule has 2 amide bonds. The fourth-order valence-electron chi connectivity index (χ4n) is 3.42. The number of amides is 2. The van der Waals surface area contributed by atoms with Gasteiger partial charge in [0.1, 0.15) is 12.7 Å². The molecule has 0 saturated carbocycles. The minimum Gasteiger partial charge on any atom is -0.475 e. The van der Waals surface area contributed by atoms with Gasteiger partial charge >= 0.3 is 0 Å². The largest absolute Gasteiger partial charge is 0.475 e. The van der Waals surface area contributed by atoms with Gasteiger partial charge in [0.15, 0.2) is 0 Å². The Kier molecular flexibility index (Phi) is 7.76. The third-order valence-corrected chi connectivity index (χ3v) is 5.66. The van der Waals surface area contributed by atoms with Crippen LogP contribution >= 0.6 is 11.8 Å². The molecule has 11 heteroatoms. The summed E-state index contributed by atoms with van der Waals surface area (Å²) in [5.74, 6) is 0.416. The molecule has 1 unspecified atom stereocenters. The highest BCUT2D eigenvalue weighted by molar-refractivity contribution is 7.98. The number of carbonyl (C=O) groups is 2. The van der Waals surface area contributed by atoms with Crippen molar-refractivity contribution in [2.75, 3.05) is 32.6 Å². The first-order valence-electron chi connectivity index (χ1n) is 10.8. The van der Waals surface area contributed by atoms with Gasteiger partial charge in [0.05, 0.1) is 13.2 Å². The topological polar surface area (TPSA) is 111 Å².